The van der Waals surface area contributed by atoms with E-state index in [1.165, 1.54) is 0 Å². The van der Waals surface area contributed by atoms with Crippen LogP contribution < -0.4 is 12.4 Å². The zero-order valence-electron chi connectivity index (χ0n) is 8.64. The first-order valence-corrected chi connectivity index (χ1v) is 22.8. The zero-order chi connectivity index (χ0) is 13.7. The summed E-state index contributed by atoms with van der Waals surface area (Å²) in [6.07, 6.45) is 0. The number of hydrogen-bond acceptors (Lipinski definition) is 8. The largest absolute Gasteiger partial charge is 2.00 e. The van der Waals surface area contributed by atoms with E-state index < -0.39 is 35.9 Å². The van der Waals surface area contributed by atoms with Crippen molar-refractivity contribution in [1.29, 1.82) is 0 Å². The van der Waals surface area contributed by atoms with Crippen molar-refractivity contribution in [2.24, 2.45) is 0 Å². The molecule has 1 radical (unpaired) electrons. The maximum absolute atomic E-state index is 8.52. The Bertz CT molecular complexity index is 259. The Morgan fingerprint density at radius 2 is 0.895 bits per heavy atom. The quantitative estimate of drug-likeness (QED) is 0.108. The van der Waals surface area contributed by atoms with Crippen LogP contribution in [0.4, 0.5) is 0 Å². The van der Waals surface area contributed by atoms with Crippen molar-refractivity contribution >= 4 is 117 Å². The Kier molecular flexibility index (Phi) is 90.6. The molecule has 0 aliphatic carbocycles. The summed E-state index contributed by atoms with van der Waals surface area (Å²) in [5.74, 6) is 0. The van der Waals surface area contributed by atoms with Gasteiger partial charge in [0.2, 0.25) is 0 Å². The van der Waals surface area contributed by atoms with Gasteiger partial charge in [0.1, 0.15) is 0 Å². The summed E-state index contributed by atoms with van der Waals surface area (Å²) in [4.78, 5) is 0. The van der Waals surface area contributed by atoms with Gasteiger partial charge in [-0.1, -0.05) is 0 Å². The maximum atomic E-state index is 8.52. The van der Waals surface area contributed by atoms with Crippen molar-refractivity contribution < 1.29 is 96.4 Å². The summed E-state index contributed by atoms with van der Waals surface area (Å²) < 4.78 is 68.2. The molecule has 0 fully saturated rings. The summed E-state index contributed by atoms with van der Waals surface area (Å²) in [6.45, 7) is 0. The predicted octanol–water partition coefficient (Wildman–Crippen LogP) is -4.18. The SMILES string of the molecule is O=S(=O)([O-])[O-].O=S(=O)([O-])[O-].[Cl-].[Cl][Zn][Cl].[Co+2].[Cu+].[K][I].[Mg+2]. The van der Waals surface area contributed by atoms with Gasteiger partial charge in [-0.2, -0.15) is 0 Å². The van der Waals surface area contributed by atoms with Crippen molar-refractivity contribution in [3.8, 4) is 0 Å². The van der Waals surface area contributed by atoms with Crippen molar-refractivity contribution in [2.45, 2.75) is 0 Å². The van der Waals surface area contributed by atoms with Crippen molar-refractivity contribution in [1.82, 2.24) is 0 Å². The average molecular weight is 677 g/mol. The minimum atomic E-state index is -5.17. The normalized spacial score (nSPS) is 7.00. The van der Waals surface area contributed by atoms with Gasteiger partial charge in [-0.3, -0.25) is 16.8 Å². The second kappa shape index (κ2) is 34.7. The first-order chi connectivity index (χ1) is 6.41. The van der Waals surface area contributed by atoms with E-state index in [0.29, 0.717) is 0 Å². The van der Waals surface area contributed by atoms with Crippen molar-refractivity contribution in [3.05, 3.63) is 0 Å². The summed E-state index contributed by atoms with van der Waals surface area (Å²) >= 11 is 2.44. The molecule has 0 unspecified atom stereocenters. The molecule has 0 atom stereocenters. The van der Waals surface area contributed by atoms with Crippen LogP contribution in [0.25, 0.3) is 0 Å². The Morgan fingerprint density at radius 3 is 0.895 bits per heavy atom. The van der Waals surface area contributed by atoms with Crippen LogP contribution in [0.5, 0.6) is 0 Å². The van der Waals surface area contributed by atoms with Gasteiger partial charge in [0.05, 0.1) is 0 Å². The Labute approximate surface area is 208 Å². The van der Waals surface area contributed by atoms with Crippen LogP contribution in [0.2, 0.25) is 0 Å². The average Bonchev–Trinajstić information content (AvgIpc) is 1.84. The van der Waals surface area contributed by atoms with Crippen LogP contribution in [0, 0.1) is 0 Å². The van der Waals surface area contributed by atoms with Crippen molar-refractivity contribution in [3.63, 3.8) is 0 Å². The molecule has 0 bridgehead atoms. The van der Waals surface area contributed by atoms with Crippen LogP contribution in [-0.4, -0.2) is 101 Å². The van der Waals surface area contributed by atoms with E-state index in [2.05, 4.69) is 11.3 Å². The molecule has 0 aliphatic heterocycles. The van der Waals surface area contributed by atoms with Crippen molar-refractivity contribution in [2.75, 3.05) is 0 Å². The van der Waals surface area contributed by atoms with Gasteiger partial charge < -0.3 is 30.6 Å². The monoisotopic (exact) mass is 672 g/mol. The summed E-state index contributed by atoms with van der Waals surface area (Å²) in [5.41, 5.74) is 0. The predicted molar refractivity (Wildman–Crippen MR) is 58.2 cm³/mol. The summed E-state index contributed by atoms with van der Waals surface area (Å²) in [5, 5.41) is 0. The Balaban J connectivity index is -0.0000000138. The molecule has 0 heterocycles. The van der Waals surface area contributed by atoms with E-state index in [-0.39, 0.29) is 69.3 Å². The zero-order valence-corrected chi connectivity index (χ0v) is 24.2. The minimum Gasteiger partial charge on any atom is 2.00 e. The van der Waals surface area contributed by atoms with Gasteiger partial charge in [-0.15, -0.1) is 0 Å². The molecule has 0 N–H and O–H groups in total. The van der Waals surface area contributed by atoms with E-state index in [4.69, 9.17) is 54.4 Å². The summed E-state index contributed by atoms with van der Waals surface area (Å²) in [7, 11) is -0.431. The molecular weight excluding hydrogens is 677 g/mol. The standard InChI is InChI=1S/3ClH.Co.Cu.HI.K.Mg.2H2O4S.Zn/c;;;;;;;;2*1-5(2,3)4;/h3*1H;;;1H;;;2*(H2,1,2,3,4);/q;;;+2;+1;;+1;+2;;;+2/p-8. The fourth-order valence-electron chi connectivity index (χ4n) is 0. The van der Waals surface area contributed by atoms with Gasteiger partial charge in [-0.25, -0.2) is 0 Å². The topological polar surface area (TPSA) is 161 Å². The first kappa shape index (κ1) is 49.7. The third-order valence-corrected chi connectivity index (χ3v) is 0. The second-order valence-corrected chi connectivity index (χ2v) is 7.17. The second-order valence-electron chi connectivity index (χ2n) is 0.918. The first-order valence-electron chi connectivity index (χ1n) is 2.25. The molecule has 113 valence electrons. The fourth-order valence-corrected chi connectivity index (χ4v) is 0. The van der Waals surface area contributed by atoms with E-state index >= 15 is 0 Å². The number of hydrogen-bond donors (Lipinski definition) is 0. The van der Waals surface area contributed by atoms with E-state index in [1.807, 2.05) is 0 Å². The molecule has 19 heavy (non-hydrogen) atoms. The molecule has 0 amide bonds. The Morgan fingerprint density at radius 1 is 0.895 bits per heavy atom. The number of rotatable bonds is 0. The maximum Gasteiger partial charge on any atom is 2.00 e. The van der Waals surface area contributed by atoms with Gasteiger partial charge >= 0.3 is 145 Å². The molecule has 0 aromatic rings. The smallest absolute Gasteiger partial charge is 2.00 e. The van der Waals surface area contributed by atoms with Crippen LogP contribution in [-0.2, 0) is 69.8 Å². The molecule has 19 heteroatoms. The number of halogens is 4. The van der Waals surface area contributed by atoms with Gasteiger partial charge in [0.25, 0.3) is 0 Å². The molecule has 8 nitrogen and oxygen atoms in total. The third-order valence-electron chi connectivity index (χ3n) is 0. The molecule has 0 aliphatic rings. The van der Waals surface area contributed by atoms with Gasteiger partial charge in [0, 0.05) is 20.8 Å². The molecule has 0 aromatic carbocycles. The van der Waals surface area contributed by atoms with Crippen LogP contribution >= 0.6 is 30.7 Å². The van der Waals surface area contributed by atoms with Crippen LogP contribution in [0.15, 0.2) is 0 Å². The minimum absolute atomic E-state index is 0. The van der Waals surface area contributed by atoms with E-state index in [0.717, 1.165) is 42.7 Å². The molecular formula is Cl3CoCuIKMgO8S2Zn. The summed E-state index contributed by atoms with van der Waals surface area (Å²) in [6, 6.07) is 0. The molecule has 0 saturated heterocycles. The Hall–Kier alpha value is 5.39. The molecule has 0 spiro atoms. The van der Waals surface area contributed by atoms with Gasteiger partial charge in [0.15, 0.2) is 0 Å². The van der Waals surface area contributed by atoms with Crippen LogP contribution in [0.3, 0.4) is 0 Å². The van der Waals surface area contributed by atoms with Gasteiger partial charge in [-0.05, 0) is 0 Å². The third kappa shape index (κ3) is 368. The van der Waals surface area contributed by atoms with Crippen LogP contribution in [0.1, 0.15) is 0 Å². The van der Waals surface area contributed by atoms with E-state index in [1.54, 1.807) is 0 Å². The molecule has 0 saturated carbocycles. The van der Waals surface area contributed by atoms with E-state index in [9.17, 15) is 0 Å². The molecule has 0 rings (SSSR count). The molecule has 0 aromatic heterocycles. The fraction of sp³-hybridized carbons (Fsp3) is 0.